The Hall–Kier alpha value is -1.13. The van der Waals surface area contributed by atoms with E-state index in [9.17, 15) is 4.79 Å². The number of halogens is 2. The number of benzene rings is 1. The van der Waals surface area contributed by atoms with E-state index in [1.54, 1.807) is 0 Å². The lowest BCUT2D eigenvalue weighted by Gasteiger charge is -2.42. The van der Waals surface area contributed by atoms with Crippen LogP contribution in [0.4, 0.5) is 4.39 Å². The van der Waals surface area contributed by atoms with Crippen molar-refractivity contribution in [2.24, 2.45) is 5.41 Å². The molecule has 28 heavy (non-hydrogen) atoms. The number of carbonyl (C=O) groups is 1. The second-order valence-electron chi connectivity index (χ2n) is 9.93. The number of nitrogens with one attached hydrogen (secondary N) is 1. The van der Waals surface area contributed by atoms with Crippen LogP contribution in [0.25, 0.3) is 0 Å². The van der Waals surface area contributed by atoms with Gasteiger partial charge in [-0.05, 0) is 61.8 Å². The van der Waals surface area contributed by atoms with Gasteiger partial charge in [0, 0.05) is 18.1 Å². The summed E-state index contributed by atoms with van der Waals surface area (Å²) < 4.78 is 15.3. The number of rotatable bonds is 6. The number of hydrogen-bond donors (Lipinski definition) is 1. The van der Waals surface area contributed by atoms with Gasteiger partial charge in [0.1, 0.15) is 5.67 Å². The van der Waals surface area contributed by atoms with Crippen molar-refractivity contribution in [3.8, 4) is 0 Å². The molecule has 1 aliphatic carbocycles. The number of hydrogen-bond acceptors (Lipinski definition) is 2. The van der Waals surface area contributed by atoms with Gasteiger partial charge < -0.3 is 10.2 Å². The standard InChI is InChI=1S/C23H34ClFN2O/c1-21(2,3)11-14-27-15-12-22(25,13-16-27)17-26-20(28)23(9-4-10-23)18-5-7-19(24)8-6-18/h5-8H,4,9-17H2,1-3H3,(H,26,28). The summed E-state index contributed by atoms with van der Waals surface area (Å²) >= 11 is 5.99. The molecule has 0 spiro atoms. The minimum atomic E-state index is -1.29. The molecule has 1 saturated heterocycles. The predicted molar refractivity (Wildman–Crippen MR) is 114 cm³/mol. The summed E-state index contributed by atoms with van der Waals surface area (Å²) in [6, 6.07) is 7.52. The molecule has 3 rings (SSSR count). The molecule has 3 nitrogen and oxygen atoms in total. The number of amides is 1. The van der Waals surface area contributed by atoms with Gasteiger partial charge in [0.25, 0.3) is 0 Å². The first-order valence-electron chi connectivity index (χ1n) is 10.6. The van der Waals surface area contributed by atoms with E-state index in [0.29, 0.717) is 23.3 Å². The van der Waals surface area contributed by atoms with Gasteiger partial charge in [-0.1, -0.05) is 50.9 Å². The van der Waals surface area contributed by atoms with Crippen LogP contribution in [-0.2, 0) is 10.2 Å². The van der Waals surface area contributed by atoms with Gasteiger partial charge >= 0.3 is 0 Å². The summed E-state index contributed by atoms with van der Waals surface area (Å²) in [5.41, 5.74) is -0.505. The molecule has 1 aromatic carbocycles. The number of piperidine rings is 1. The summed E-state index contributed by atoms with van der Waals surface area (Å²) in [4.78, 5) is 15.3. The third-order valence-electron chi connectivity index (χ3n) is 6.53. The summed E-state index contributed by atoms with van der Waals surface area (Å²) in [6.45, 7) is 9.39. The zero-order valence-corrected chi connectivity index (χ0v) is 18.2. The van der Waals surface area contributed by atoms with Crippen LogP contribution in [-0.4, -0.2) is 42.7 Å². The molecular formula is C23H34ClFN2O. The number of likely N-dealkylation sites (tertiary alicyclic amines) is 1. The largest absolute Gasteiger partial charge is 0.352 e. The molecule has 0 radical (unpaired) electrons. The fourth-order valence-electron chi connectivity index (χ4n) is 4.20. The Bertz CT molecular complexity index is 671. The summed E-state index contributed by atoms with van der Waals surface area (Å²) in [5.74, 6) is -0.0340. The van der Waals surface area contributed by atoms with E-state index >= 15 is 4.39 Å². The second kappa shape index (κ2) is 8.31. The second-order valence-corrected chi connectivity index (χ2v) is 10.4. The molecule has 156 valence electrons. The fraction of sp³-hybridized carbons (Fsp3) is 0.696. The van der Waals surface area contributed by atoms with Crippen LogP contribution >= 0.6 is 11.6 Å². The van der Waals surface area contributed by atoms with Crippen LogP contribution in [0.2, 0.25) is 5.02 Å². The van der Waals surface area contributed by atoms with Crippen molar-refractivity contribution in [2.75, 3.05) is 26.2 Å². The molecule has 0 aromatic heterocycles. The normalized spacial score (nSPS) is 21.8. The van der Waals surface area contributed by atoms with E-state index < -0.39 is 11.1 Å². The van der Waals surface area contributed by atoms with Gasteiger partial charge in [-0.15, -0.1) is 0 Å². The monoisotopic (exact) mass is 408 g/mol. The predicted octanol–water partition coefficient (Wildman–Crippen LogP) is 5.12. The zero-order chi connectivity index (χ0) is 20.4. The van der Waals surface area contributed by atoms with Crippen molar-refractivity contribution >= 4 is 17.5 Å². The first-order valence-corrected chi connectivity index (χ1v) is 11.0. The van der Waals surface area contributed by atoms with E-state index in [1.165, 1.54) is 0 Å². The molecule has 0 atom stereocenters. The minimum Gasteiger partial charge on any atom is -0.352 e. The Morgan fingerprint density at radius 1 is 1.14 bits per heavy atom. The molecule has 2 fully saturated rings. The topological polar surface area (TPSA) is 32.3 Å². The van der Waals surface area contributed by atoms with Crippen LogP contribution in [0.5, 0.6) is 0 Å². The maximum Gasteiger partial charge on any atom is 0.230 e. The van der Waals surface area contributed by atoms with Crippen molar-refractivity contribution in [2.45, 2.75) is 70.4 Å². The lowest BCUT2D eigenvalue weighted by Crippen LogP contribution is -2.54. The van der Waals surface area contributed by atoms with Gasteiger partial charge in [0.2, 0.25) is 5.91 Å². The summed E-state index contributed by atoms with van der Waals surface area (Å²) in [7, 11) is 0. The highest BCUT2D eigenvalue weighted by atomic mass is 35.5. The smallest absolute Gasteiger partial charge is 0.230 e. The summed E-state index contributed by atoms with van der Waals surface area (Å²) in [6.07, 6.45) is 4.77. The van der Waals surface area contributed by atoms with Crippen molar-refractivity contribution < 1.29 is 9.18 Å². The highest BCUT2D eigenvalue weighted by Gasteiger charge is 2.46. The van der Waals surface area contributed by atoms with Gasteiger partial charge in [0.05, 0.1) is 12.0 Å². The lowest BCUT2D eigenvalue weighted by molar-refractivity contribution is -0.130. The Kier molecular flexibility index (Phi) is 6.41. The summed E-state index contributed by atoms with van der Waals surface area (Å²) in [5, 5.41) is 3.62. The highest BCUT2D eigenvalue weighted by molar-refractivity contribution is 6.30. The third kappa shape index (κ3) is 5.07. The third-order valence-corrected chi connectivity index (χ3v) is 6.79. The number of alkyl halides is 1. The van der Waals surface area contributed by atoms with Crippen molar-refractivity contribution in [1.82, 2.24) is 10.2 Å². The highest BCUT2D eigenvalue weighted by Crippen LogP contribution is 2.44. The zero-order valence-electron chi connectivity index (χ0n) is 17.5. The van der Waals surface area contributed by atoms with Gasteiger partial charge in [-0.3, -0.25) is 4.79 Å². The van der Waals surface area contributed by atoms with Crippen LogP contribution in [0.15, 0.2) is 24.3 Å². The molecule has 0 unspecified atom stereocenters. The Morgan fingerprint density at radius 2 is 1.75 bits per heavy atom. The Labute approximate surface area is 174 Å². The molecule has 1 N–H and O–H groups in total. The van der Waals surface area contributed by atoms with Crippen LogP contribution in [0, 0.1) is 5.41 Å². The lowest BCUT2D eigenvalue weighted by atomic mass is 9.63. The average molecular weight is 409 g/mol. The molecule has 5 heteroatoms. The fourth-order valence-corrected chi connectivity index (χ4v) is 4.33. The quantitative estimate of drug-likeness (QED) is 0.708. The van der Waals surface area contributed by atoms with E-state index in [2.05, 4.69) is 31.0 Å². The maximum atomic E-state index is 15.3. The van der Waals surface area contributed by atoms with E-state index in [0.717, 1.165) is 50.9 Å². The molecular weight excluding hydrogens is 375 g/mol. The maximum absolute atomic E-state index is 15.3. The van der Waals surface area contributed by atoms with Crippen LogP contribution in [0.3, 0.4) is 0 Å². The van der Waals surface area contributed by atoms with Crippen molar-refractivity contribution in [3.63, 3.8) is 0 Å². The molecule has 1 aliphatic heterocycles. The van der Waals surface area contributed by atoms with Gasteiger partial charge in [-0.25, -0.2) is 4.39 Å². The number of nitrogens with zero attached hydrogens (tertiary/aromatic N) is 1. The molecule has 2 aliphatic rings. The van der Waals surface area contributed by atoms with E-state index in [4.69, 9.17) is 11.6 Å². The SMILES string of the molecule is CC(C)(C)CCN1CCC(F)(CNC(=O)C2(c3ccc(Cl)cc3)CCC2)CC1. The molecule has 1 saturated carbocycles. The minimum absolute atomic E-state index is 0.0340. The van der Waals surface area contributed by atoms with Crippen LogP contribution in [0.1, 0.15) is 64.9 Å². The molecule has 1 heterocycles. The Balaban J connectivity index is 1.52. The molecule has 1 aromatic rings. The average Bonchev–Trinajstić information content (AvgIpc) is 2.60. The number of carbonyl (C=O) groups excluding carboxylic acids is 1. The first kappa shape index (κ1) is 21.6. The van der Waals surface area contributed by atoms with Gasteiger partial charge in [0.15, 0.2) is 0 Å². The van der Waals surface area contributed by atoms with Crippen molar-refractivity contribution in [1.29, 1.82) is 0 Å². The Morgan fingerprint density at radius 3 is 2.25 bits per heavy atom. The van der Waals surface area contributed by atoms with E-state index in [-0.39, 0.29) is 12.5 Å². The molecule has 1 amide bonds. The van der Waals surface area contributed by atoms with Gasteiger partial charge in [-0.2, -0.15) is 0 Å². The molecule has 0 bridgehead atoms. The van der Waals surface area contributed by atoms with E-state index in [1.807, 2.05) is 24.3 Å². The first-order chi connectivity index (χ1) is 13.1. The van der Waals surface area contributed by atoms with Crippen LogP contribution < -0.4 is 5.32 Å². The van der Waals surface area contributed by atoms with Crippen molar-refractivity contribution in [3.05, 3.63) is 34.9 Å².